The molecule has 0 fully saturated rings. The van der Waals surface area contributed by atoms with Crippen LogP contribution in [0.15, 0.2) is 59.8 Å². The van der Waals surface area contributed by atoms with E-state index in [-0.39, 0.29) is 0 Å². The number of benzene rings is 1. The van der Waals surface area contributed by atoms with E-state index in [2.05, 4.69) is 57.2 Å². The lowest BCUT2D eigenvalue weighted by molar-refractivity contribution is -0.105. The third-order valence-electron chi connectivity index (χ3n) is 3.68. The van der Waals surface area contributed by atoms with Crippen LogP contribution < -0.4 is 0 Å². The largest absolute Gasteiger partial charge is 0.276 e. The molecule has 0 N–H and O–H groups in total. The molecule has 0 aromatic heterocycles. The highest BCUT2D eigenvalue weighted by Crippen LogP contribution is 2.20. The van der Waals surface area contributed by atoms with Crippen molar-refractivity contribution in [2.24, 2.45) is 0 Å². The van der Waals surface area contributed by atoms with Crippen molar-refractivity contribution in [1.29, 1.82) is 0 Å². The molecule has 120 valence electrons. The zero-order chi connectivity index (χ0) is 16.4. The van der Waals surface area contributed by atoms with Gasteiger partial charge in [0.1, 0.15) is 0 Å². The Morgan fingerprint density at radius 2 is 1.95 bits per heavy atom. The monoisotopic (exact) mass is 299 g/mol. The molecule has 0 saturated carbocycles. The van der Waals surface area contributed by atoms with Crippen molar-refractivity contribution < 1.29 is 4.84 Å². The summed E-state index contributed by atoms with van der Waals surface area (Å²) in [7, 11) is 1.74. The molecule has 0 atom stereocenters. The lowest BCUT2D eigenvalue weighted by Crippen LogP contribution is -2.22. The van der Waals surface area contributed by atoms with Gasteiger partial charge < -0.3 is 0 Å². The molecule has 1 rings (SSSR count). The molecule has 0 bridgehead atoms. The van der Waals surface area contributed by atoms with Gasteiger partial charge in [0, 0.05) is 0 Å². The number of allylic oxidation sites excluding steroid dienone is 5. The van der Waals surface area contributed by atoms with E-state index < -0.39 is 0 Å². The van der Waals surface area contributed by atoms with Gasteiger partial charge in [-0.3, -0.25) is 9.90 Å². The van der Waals surface area contributed by atoms with Crippen LogP contribution in [-0.2, 0) is 11.4 Å². The molecule has 2 heteroatoms. The number of rotatable bonds is 8. The lowest BCUT2D eigenvalue weighted by Gasteiger charge is -2.26. The first-order valence-corrected chi connectivity index (χ1v) is 7.99. The molecule has 1 aromatic rings. The predicted molar refractivity (Wildman–Crippen MR) is 95.3 cm³/mol. The minimum atomic E-state index is 0.750. The fraction of sp³-hybridized carbons (Fsp3) is 0.400. The summed E-state index contributed by atoms with van der Waals surface area (Å²) in [5.41, 5.74) is 5.06. The summed E-state index contributed by atoms with van der Waals surface area (Å²) in [6, 6.07) is 8.44. The van der Waals surface area contributed by atoms with E-state index in [4.69, 9.17) is 4.84 Å². The Hall–Kier alpha value is -1.80. The summed E-state index contributed by atoms with van der Waals surface area (Å²) < 4.78 is 0. The minimum absolute atomic E-state index is 0.750. The molecule has 0 aliphatic carbocycles. The van der Waals surface area contributed by atoms with Crippen LogP contribution in [0.3, 0.4) is 0 Å². The molecular formula is C20H29NO. The second kappa shape index (κ2) is 10.0. The molecule has 0 aliphatic rings. The zero-order valence-electron chi connectivity index (χ0n) is 14.6. The van der Waals surface area contributed by atoms with Gasteiger partial charge in [-0.05, 0) is 50.0 Å². The lowest BCUT2D eigenvalue weighted by atomic mass is 10.1. The number of hydrogen-bond donors (Lipinski definition) is 0. The molecule has 0 saturated heterocycles. The van der Waals surface area contributed by atoms with Crippen LogP contribution >= 0.6 is 0 Å². The van der Waals surface area contributed by atoms with Crippen molar-refractivity contribution >= 4 is 0 Å². The maximum atomic E-state index is 5.67. The average molecular weight is 299 g/mol. The van der Waals surface area contributed by atoms with E-state index in [0.29, 0.717) is 0 Å². The summed E-state index contributed by atoms with van der Waals surface area (Å²) in [4.78, 5) is 5.67. The smallest absolute Gasteiger partial charge is 0.0708 e. The Morgan fingerprint density at radius 1 is 1.23 bits per heavy atom. The van der Waals surface area contributed by atoms with Gasteiger partial charge in [0.15, 0.2) is 0 Å². The number of aryl methyl sites for hydroxylation is 1. The van der Waals surface area contributed by atoms with Crippen LogP contribution in [-0.4, -0.2) is 12.2 Å². The van der Waals surface area contributed by atoms with Gasteiger partial charge in [0.2, 0.25) is 0 Å². The number of hydrogen-bond acceptors (Lipinski definition) is 2. The van der Waals surface area contributed by atoms with E-state index >= 15 is 0 Å². The second-order valence-electron chi connectivity index (χ2n) is 5.45. The number of hydroxylamine groups is 2. The maximum Gasteiger partial charge on any atom is 0.0708 e. The van der Waals surface area contributed by atoms with Crippen molar-refractivity contribution in [3.63, 3.8) is 0 Å². The first kappa shape index (κ1) is 18.2. The fourth-order valence-corrected chi connectivity index (χ4v) is 2.39. The van der Waals surface area contributed by atoms with E-state index in [0.717, 1.165) is 25.1 Å². The normalized spacial score (nSPS) is 13.0. The van der Waals surface area contributed by atoms with Gasteiger partial charge in [-0.25, -0.2) is 0 Å². The Balaban J connectivity index is 3.08. The van der Waals surface area contributed by atoms with Crippen molar-refractivity contribution in [3.05, 3.63) is 71.0 Å². The highest BCUT2D eigenvalue weighted by atomic mass is 16.7. The third-order valence-corrected chi connectivity index (χ3v) is 3.68. The summed E-state index contributed by atoms with van der Waals surface area (Å²) in [5.74, 6) is 0. The van der Waals surface area contributed by atoms with Gasteiger partial charge in [0.05, 0.1) is 19.4 Å². The van der Waals surface area contributed by atoms with Gasteiger partial charge in [-0.1, -0.05) is 55.8 Å². The third kappa shape index (κ3) is 5.53. The molecule has 0 aliphatic heterocycles. The molecule has 2 nitrogen and oxygen atoms in total. The zero-order valence-corrected chi connectivity index (χ0v) is 14.6. The molecule has 0 spiro atoms. The molecule has 0 unspecified atom stereocenters. The van der Waals surface area contributed by atoms with E-state index in [1.807, 2.05) is 24.1 Å². The van der Waals surface area contributed by atoms with E-state index in [1.54, 1.807) is 7.11 Å². The van der Waals surface area contributed by atoms with Crippen molar-refractivity contribution in [2.45, 2.75) is 47.1 Å². The quantitative estimate of drug-likeness (QED) is 0.460. The minimum Gasteiger partial charge on any atom is -0.276 e. The fourth-order valence-electron chi connectivity index (χ4n) is 2.39. The molecule has 0 radical (unpaired) electrons. The Labute approximate surface area is 135 Å². The van der Waals surface area contributed by atoms with Crippen LogP contribution in [0, 0.1) is 6.92 Å². The SMILES string of the molecule is C\C=C/C=C\C(=C(\C)CCC)N(Cc1ccccc1C)OC. The van der Waals surface area contributed by atoms with Gasteiger partial charge >= 0.3 is 0 Å². The van der Waals surface area contributed by atoms with Crippen LogP contribution in [0.1, 0.15) is 44.7 Å². The first-order chi connectivity index (χ1) is 10.6. The Morgan fingerprint density at radius 3 is 2.55 bits per heavy atom. The van der Waals surface area contributed by atoms with Crippen molar-refractivity contribution in [3.8, 4) is 0 Å². The van der Waals surface area contributed by atoms with E-state index in [9.17, 15) is 0 Å². The van der Waals surface area contributed by atoms with Crippen LogP contribution in [0.5, 0.6) is 0 Å². The maximum absolute atomic E-state index is 5.67. The van der Waals surface area contributed by atoms with Crippen LogP contribution in [0.2, 0.25) is 0 Å². The summed E-state index contributed by atoms with van der Waals surface area (Å²) in [6.07, 6.45) is 10.5. The van der Waals surface area contributed by atoms with Gasteiger partial charge in [0.25, 0.3) is 0 Å². The highest BCUT2D eigenvalue weighted by Gasteiger charge is 2.11. The summed E-state index contributed by atoms with van der Waals surface area (Å²) >= 11 is 0. The first-order valence-electron chi connectivity index (χ1n) is 7.99. The average Bonchev–Trinajstić information content (AvgIpc) is 2.52. The van der Waals surface area contributed by atoms with Crippen molar-refractivity contribution in [1.82, 2.24) is 5.06 Å². The molecule has 1 aromatic carbocycles. The van der Waals surface area contributed by atoms with Crippen molar-refractivity contribution in [2.75, 3.05) is 7.11 Å². The summed E-state index contributed by atoms with van der Waals surface area (Å²) in [6.45, 7) is 9.30. The highest BCUT2D eigenvalue weighted by molar-refractivity contribution is 5.29. The van der Waals surface area contributed by atoms with Crippen LogP contribution in [0.4, 0.5) is 0 Å². The Kier molecular flexibility index (Phi) is 8.31. The predicted octanol–water partition coefficient (Wildman–Crippen LogP) is 5.56. The Bertz CT molecular complexity index is 540. The van der Waals surface area contributed by atoms with Crippen LogP contribution in [0.25, 0.3) is 0 Å². The summed E-state index contributed by atoms with van der Waals surface area (Å²) in [5, 5.41) is 1.98. The number of nitrogens with zero attached hydrogens (tertiary/aromatic N) is 1. The molecule has 22 heavy (non-hydrogen) atoms. The molecule has 0 amide bonds. The standard InChI is InChI=1S/C20H29NO/c1-6-8-9-15-20(18(4)12-7-2)21(22-5)16-19-14-11-10-13-17(19)3/h6,8-11,13-15H,7,12,16H2,1-5H3/b8-6-,15-9-,20-18+. The molecule has 0 heterocycles. The molecular weight excluding hydrogens is 270 g/mol. The topological polar surface area (TPSA) is 12.5 Å². The van der Waals surface area contributed by atoms with Gasteiger partial charge in [-0.2, -0.15) is 0 Å². The second-order valence-corrected chi connectivity index (χ2v) is 5.45. The van der Waals surface area contributed by atoms with E-state index in [1.165, 1.54) is 16.7 Å². The van der Waals surface area contributed by atoms with Gasteiger partial charge in [-0.15, -0.1) is 0 Å².